The highest BCUT2D eigenvalue weighted by Gasteiger charge is 2.35. The maximum atomic E-state index is 15.1. The van der Waals surface area contributed by atoms with Gasteiger partial charge in [0, 0.05) is 49.9 Å². The molecule has 0 aliphatic carbocycles. The number of benzene rings is 1. The van der Waals surface area contributed by atoms with Crippen molar-refractivity contribution >= 4 is 40.2 Å². The lowest BCUT2D eigenvalue weighted by molar-refractivity contribution is -0.130. The molecule has 2 aliphatic rings. The number of piperazine rings is 1. The number of fused-ring (bicyclic) bond motifs is 1. The van der Waals surface area contributed by atoms with Gasteiger partial charge in [-0.2, -0.15) is 0 Å². The van der Waals surface area contributed by atoms with Crippen molar-refractivity contribution in [1.29, 1.82) is 0 Å². The molecule has 0 spiro atoms. The number of nitrogens with one attached hydrogen (secondary N) is 2. The average Bonchev–Trinajstić information content (AvgIpc) is 3.50. The highest BCUT2D eigenvalue weighted by molar-refractivity contribution is 8.00. The number of anilines is 1. The van der Waals surface area contributed by atoms with Gasteiger partial charge in [-0.1, -0.05) is 0 Å². The SMILES string of the molecule is CCn1cc(C(=O)NN2C(=O)CSC2c2ccoc2)c(=O)c2cc(F)c(N3CCNCC3)cc21. The third-order valence-electron chi connectivity index (χ3n) is 6.11. The van der Waals surface area contributed by atoms with Crippen molar-refractivity contribution in [3.63, 3.8) is 0 Å². The van der Waals surface area contributed by atoms with Crippen LogP contribution < -0.4 is 21.1 Å². The van der Waals surface area contributed by atoms with Crippen LogP contribution in [0.3, 0.4) is 0 Å². The molecule has 9 nitrogen and oxygen atoms in total. The molecule has 2 aromatic heterocycles. The number of aromatic nitrogens is 1. The number of rotatable bonds is 5. The van der Waals surface area contributed by atoms with Crippen molar-refractivity contribution in [2.24, 2.45) is 0 Å². The molecule has 0 bridgehead atoms. The summed E-state index contributed by atoms with van der Waals surface area (Å²) in [5.74, 6) is -1.32. The summed E-state index contributed by atoms with van der Waals surface area (Å²) in [6.45, 7) is 5.20. The average molecular weight is 486 g/mol. The number of carbonyl (C=O) groups is 2. The van der Waals surface area contributed by atoms with Gasteiger partial charge in [0.1, 0.15) is 16.8 Å². The second-order valence-electron chi connectivity index (χ2n) is 8.14. The Kier molecular flexibility index (Phi) is 6.05. The molecule has 3 aromatic rings. The Balaban J connectivity index is 1.51. The van der Waals surface area contributed by atoms with Gasteiger partial charge < -0.3 is 19.2 Å². The molecule has 34 heavy (non-hydrogen) atoms. The molecule has 0 radical (unpaired) electrons. The van der Waals surface area contributed by atoms with E-state index in [0.29, 0.717) is 30.8 Å². The van der Waals surface area contributed by atoms with Crippen molar-refractivity contribution in [3.8, 4) is 0 Å². The number of hydrogen-bond acceptors (Lipinski definition) is 7. The van der Waals surface area contributed by atoms with Crippen LogP contribution in [0.25, 0.3) is 10.9 Å². The number of halogens is 1. The summed E-state index contributed by atoms with van der Waals surface area (Å²) in [5, 5.41) is 4.12. The minimum Gasteiger partial charge on any atom is -0.472 e. The Morgan fingerprint density at radius 1 is 1.29 bits per heavy atom. The second kappa shape index (κ2) is 9.15. The number of amides is 2. The van der Waals surface area contributed by atoms with E-state index in [2.05, 4.69) is 10.7 Å². The molecule has 2 amide bonds. The highest BCUT2D eigenvalue weighted by atomic mass is 32.2. The van der Waals surface area contributed by atoms with Crippen LogP contribution in [0, 0.1) is 5.82 Å². The molecule has 2 fully saturated rings. The van der Waals surface area contributed by atoms with Crippen LogP contribution >= 0.6 is 11.8 Å². The van der Waals surface area contributed by atoms with Crippen LogP contribution in [0.1, 0.15) is 28.2 Å². The predicted molar refractivity (Wildman–Crippen MR) is 127 cm³/mol. The fourth-order valence-electron chi connectivity index (χ4n) is 4.35. The number of carbonyl (C=O) groups excluding carboxylic acids is 2. The molecular formula is C23H24FN5O4S. The predicted octanol–water partition coefficient (Wildman–Crippen LogP) is 2.08. The van der Waals surface area contributed by atoms with Gasteiger partial charge in [-0.3, -0.25) is 19.8 Å². The van der Waals surface area contributed by atoms with Crippen molar-refractivity contribution < 1.29 is 18.4 Å². The first-order chi connectivity index (χ1) is 16.5. The minimum atomic E-state index is -0.718. The van der Waals surface area contributed by atoms with E-state index in [0.717, 1.165) is 18.7 Å². The molecule has 1 unspecified atom stereocenters. The van der Waals surface area contributed by atoms with Gasteiger partial charge in [0.25, 0.3) is 11.8 Å². The van der Waals surface area contributed by atoms with Gasteiger partial charge in [0.05, 0.1) is 29.5 Å². The molecule has 178 valence electrons. The van der Waals surface area contributed by atoms with E-state index < -0.39 is 22.5 Å². The quantitative estimate of drug-likeness (QED) is 0.571. The lowest BCUT2D eigenvalue weighted by atomic mass is 10.1. The van der Waals surface area contributed by atoms with Crippen LogP contribution in [0.4, 0.5) is 10.1 Å². The van der Waals surface area contributed by atoms with Crippen LogP contribution in [0.5, 0.6) is 0 Å². The number of nitrogens with zero attached hydrogens (tertiary/aromatic N) is 3. The first-order valence-corrected chi connectivity index (χ1v) is 12.1. The van der Waals surface area contributed by atoms with Gasteiger partial charge in [-0.15, -0.1) is 11.8 Å². The summed E-state index contributed by atoms with van der Waals surface area (Å²) >= 11 is 1.34. The minimum absolute atomic E-state index is 0.124. The Morgan fingerprint density at radius 2 is 2.09 bits per heavy atom. The summed E-state index contributed by atoms with van der Waals surface area (Å²) in [7, 11) is 0. The summed E-state index contributed by atoms with van der Waals surface area (Å²) in [4.78, 5) is 40.8. The fourth-order valence-corrected chi connectivity index (χ4v) is 5.43. The standard InChI is InChI=1S/C23H24FN5O4S/c1-2-27-11-16(22(32)26-29-20(30)13-34-23(29)14-3-8-33-12-14)21(31)15-9-17(24)19(10-18(15)27)28-6-4-25-5-7-28/h3,8-12,23,25H,2,4-7,13H2,1H3,(H,26,32). The summed E-state index contributed by atoms with van der Waals surface area (Å²) in [6, 6.07) is 4.61. The molecule has 11 heteroatoms. The molecule has 0 saturated carbocycles. The molecule has 2 saturated heterocycles. The Hall–Kier alpha value is -3.31. The van der Waals surface area contributed by atoms with Crippen molar-refractivity contribution in [3.05, 3.63) is 64.1 Å². The summed E-state index contributed by atoms with van der Waals surface area (Å²) in [6.07, 6.45) is 4.47. The Bertz CT molecular complexity index is 1300. The van der Waals surface area contributed by atoms with E-state index >= 15 is 4.39 Å². The van der Waals surface area contributed by atoms with E-state index in [1.165, 1.54) is 41.6 Å². The lowest BCUT2D eigenvalue weighted by Crippen LogP contribution is -2.46. The number of hydrazine groups is 1. The molecule has 5 rings (SSSR count). The lowest BCUT2D eigenvalue weighted by Gasteiger charge is -2.30. The third-order valence-corrected chi connectivity index (χ3v) is 7.32. The van der Waals surface area contributed by atoms with E-state index in [4.69, 9.17) is 4.42 Å². The Labute approximate surface area is 198 Å². The van der Waals surface area contributed by atoms with Gasteiger partial charge in [0.2, 0.25) is 5.43 Å². The fraction of sp³-hybridized carbons (Fsp3) is 0.348. The van der Waals surface area contributed by atoms with E-state index in [9.17, 15) is 14.4 Å². The molecule has 1 atom stereocenters. The largest absolute Gasteiger partial charge is 0.472 e. The zero-order valence-electron chi connectivity index (χ0n) is 18.5. The molecule has 2 N–H and O–H groups in total. The van der Waals surface area contributed by atoms with Gasteiger partial charge in [-0.25, -0.2) is 9.40 Å². The zero-order valence-corrected chi connectivity index (χ0v) is 19.4. The van der Waals surface area contributed by atoms with Crippen LogP contribution in [0.15, 0.2) is 46.1 Å². The van der Waals surface area contributed by atoms with Gasteiger partial charge in [0.15, 0.2) is 0 Å². The number of hydrogen-bond donors (Lipinski definition) is 2. The summed E-state index contributed by atoms with van der Waals surface area (Å²) in [5.41, 5.74) is 3.57. The normalized spacial score (nSPS) is 18.6. The highest BCUT2D eigenvalue weighted by Crippen LogP contribution is 2.37. The monoisotopic (exact) mass is 485 g/mol. The maximum Gasteiger partial charge on any atom is 0.275 e. The van der Waals surface area contributed by atoms with Crippen LogP contribution in [-0.4, -0.2) is 53.3 Å². The van der Waals surface area contributed by atoms with E-state index in [1.54, 1.807) is 16.7 Å². The smallest absolute Gasteiger partial charge is 0.275 e. The van der Waals surface area contributed by atoms with Crippen LogP contribution in [0.2, 0.25) is 0 Å². The first kappa shape index (κ1) is 22.5. The zero-order chi connectivity index (χ0) is 23.8. The number of aryl methyl sites for hydroxylation is 1. The molecule has 1 aromatic carbocycles. The van der Waals surface area contributed by atoms with Crippen molar-refractivity contribution in [2.75, 3.05) is 36.8 Å². The van der Waals surface area contributed by atoms with E-state index in [1.807, 2.05) is 11.8 Å². The van der Waals surface area contributed by atoms with E-state index in [-0.39, 0.29) is 22.6 Å². The Morgan fingerprint density at radius 3 is 2.79 bits per heavy atom. The van der Waals surface area contributed by atoms with Gasteiger partial charge >= 0.3 is 0 Å². The van der Waals surface area contributed by atoms with Crippen LogP contribution in [-0.2, 0) is 11.3 Å². The molecule has 4 heterocycles. The number of thioether (sulfide) groups is 1. The maximum absolute atomic E-state index is 15.1. The summed E-state index contributed by atoms with van der Waals surface area (Å²) < 4.78 is 21.9. The van der Waals surface area contributed by atoms with Crippen molar-refractivity contribution in [2.45, 2.75) is 18.8 Å². The second-order valence-corrected chi connectivity index (χ2v) is 9.21. The molecule has 2 aliphatic heterocycles. The van der Waals surface area contributed by atoms with Crippen molar-refractivity contribution in [1.82, 2.24) is 20.3 Å². The first-order valence-electron chi connectivity index (χ1n) is 11.1. The third kappa shape index (κ3) is 3.94. The number of pyridine rings is 1. The number of furan rings is 1. The molecular weight excluding hydrogens is 461 g/mol. The van der Waals surface area contributed by atoms with Gasteiger partial charge in [-0.05, 0) is 25.1 Å². The topological polar surface area (TPSA) is 99.8 Å².